The smallest absolute Gasteiger partial charge is 0.0847 e. The van der Waals surface area contributed by atoms with Crippen LogP contribution in [0.1, 0.15) is 51.9 Å². The number of hydrogen-bond donors (Lipinski definition) is 1. The maximum atomic E-state index is 6.35. The Morgan fingerprint density at radius 3 is 2.42 bits per heavy atom. The standard InChI is InChI=1S/C15H28ClN3/c1-7-8-17-12(10-15(3,4)5)9-13-14(16)11(2)18-19(13)6/h12,17H,7-10H2,1-6H3. The van der Waals surface area contributed by atoms with E-state index in [-0.39, 0.29) is 0 Å². The second kappa shape index (κ2) is 6.76. The molecule has 0 bridgehead atoms. The van der Waals surface area contributed by atoms with Crippen LogP contribution < -0.4 is 5.32 Å². The SMILES string of the molecule is CCCNC(Cc1c(Cl)c(C)nn1C)CC(C)(C)C. The Hall–Kier alpha value is -0.540. The number of rotatable bonds is 6. The van der Waals surface area contributed by atoms with Crippen molar-refractivity contribution in [2.45, 2.75) is 59.9 Å². The van der Waals surface area contributed by atoms with Gasteiger partial charge in [0.05, 0.1) is 16.4 Å². The zero-order valence-electron chi connectivity index (χ0n) is 13.2. The van der Waals surface area contributed by atoms with Crippen LogP contribution in [0.5, 0.6) is 0 Å². The molecule has 1 aromatic heterocycles. The molecule has 0 aliphatic rings. The summed E-state index contributed by atoms with van der Waals surface area (Å²) in [5.74, 6) is 0. The Morgan fingerprint density at radius 1 is 1.37 bits per heavy atom. The molecule has 1 unspecified atom stereocenters. The van der Waals surface area contributed by atoms with Gasteiger partial charge >= 0.3 is 0 Å². The van der Waals surface area contributed by atoms with E-state index in [2.05, 4.69) is 38.1 Å². The summed E-state index contributed by atoms with van der Waals surface area (Å²) in [6.07, 6.45) is 3.22. The number of aromatic nitrogens is 2. The highest BCUT2D eigenvalue weighted by Crippen LogP contribution is 2.26. The van der Waals surface area contributed by atoms with E-state index >= 15 is 0 Å². The fourth-order valence-electron chi connectivity index (χ4n) is 2.44. The van der Waals surface area contributed by atoms with E-state index in [0.717, 1.165) is 42.2 Å². The van der Waals surface area contributed by atoms with Gasteiger partial charge < -0.3 is 5.32 Å². The molecule has 0 aromatic carbocycles. The zero-order chi connectivity index (χ0) is 14.6. The van der Waals surface area contributed by atoms with Gasteiger partial charge in [-0.05, 0) is 31.7 Å². The first-order valence-corrected chi connectivity index (χ1v) is 7.53. The molecule has 0 amide bonds. The van der Waals surface area contributed by atoms with Gasteiger partial charge in [-0.1, -0.05) is 39.3 Å². The van der Waals surface area contributed by atoms with Crippen LogP contribution in [-0.2, 0) is 13.5 Å². The van der Waals surface area contributed by atoms with E-state index in [4.69, 9.17) is 11.6 Å². The van der Waals surface area contributed by atoms with Crippen LogP contribution in [0.3, 0.4) is 0 Å². The molecule has 0 aliphatic heterocycles. The first-order valence-electron chi connectivity index (χ1n) is 7.16. The fraction of sp³-hybridized carbons (Fsp3) is 0.800. The Balaban J connectivity index is 2.81. The average molecular weight is 286 g/mol. The van der Waals surface area contributed by atoms with Gasteiger partial charge in [0.1, 0.15) is 0 Å². The summed E-state index contributed by atoms with van der Waals surface area (Å²) in [5, 5.41) is 8.85. The lowest BCUT2D eigenvalue weighted by atomic mass is 9.86. The minimum atomic E-state index is 0.311. The molecule has 1 rings (SSSR count). The summed E-state index contributed by atoms with van der Waals surface area (Å²) >= 11 is 6.35. The molecule has 0 saturated carbocycles. The third-order valence-electron chi connectivity index (χ3n) is 3.24. The summed E-state index contributed by atoms with van der Waals surface area (Å²) in [4.78, 5) is 0. The maximum absolute atomic E-state index is 6.35. The molecular weight excluding hydrogens is 258 g/mol. The minimum Gasteiger partial charge on any atom is -0.314 e. The van der Waals surface area contributed by atoms with Crippen molar-refractivity contribution in [1.29, 1.82) is 0 Å². The van der Waals surface area contributed by atoms with E-state index in [0.29, 0.717) is 11.5 Å². The van der Waals surface area contributed by atoms with Crippen LogP contribution in [0.25, 0.3) is 0 Å². The second-order valence-electron chi connectivity index (χ2n) is 6.59. The summed E-state index contributed by atoms with van der Waals surface area (Å²) in [5.41, 5.74) is 2.37. The third kappa shape index (κ3) is 5.15. The largest absolute Gasteiger partial charge is 0.314 e. The molecule has 1 atom stereocenters. The lowest BCUT2D eigenvalue weighted by Crippen LogP contribution is -2.35. The van der Waals surface area contributed by atoms with E-state index in [1.807, 2.05) is 18.7 Å². The van der Waals surface area contributed by atoms with Gasteiger partial charge in [0, 0.05) is 19.5 Å². The van der Waals surface area contributed by atoms with Crippen molar-refractivity contribution < 1.29 is 0 Å². The topological polar surface area (TPSA) is 29.9 Å². The maximum Gasteiger partial charge on any atom is 0.0847 e. The number of hydrogen-bond acceptors (Lipinski definition) is 2. The Morgan fingerprint density at radius 2 is 2.00 bits per heavy atom. The van der Waals surface area contributed by atoms with Crippen LogP contribution in [0, 0.1) is 12.3 Å². The first kappa shape index (κ1) is 16.5. The third-order valence-corrected chi connectivity index (χ3v) is 3.73. The van der Waals surface area contributed by atoms with Gasteiger partial charge in [-0.2, -0.15) is 5.10 Å². The molecule has 3 nitrogen and oxygen atoms in total. The lowest BCUT2D eigenvalue weighted by Gasteiger charge is -2.27. The normalized spacial score (nSPS) is 13.8. The van der Waals surface area contributed by atoms with Crippen LogP contribution in [0.4, 0.5) is 0 Å². The van der Waals surface area contributed by atoms with Gasteiger partial charge in [0.2, 0.25) is 0 Å². The average Bonchev–Trinajstić information content (AvgIpc) is 2.51. The van der Waals surface area contributed by atoms with Gasteiger partial charge in [0.15, 0.2) is 0 Å². The molecule has 0 spiro atoms. The molecule has 110 valence electrons. The van der Waals surface area contributed by atoms with E-state index < -0.39 is 0 Å². The molecule has 0 radical (unpaired) electrons. The summed E-state index contributed by atoms with van der Waals surface area (Å²) in [6.45, 7) is 12.1. The Bertz CT molecular complexity index is 404. The van der Waals surface area contributed by atoms with Crippen LogP contribution in [0.15, 0.2) is 0 Å². The highest BCUT2D eigenvalue weighted by Gasteiger charge is 2.21. The summed E-state index contributed by atoms with van der Waals surface area (Å²) in [7, 11) is 1.97. The number of aryl methyl sites for hydroxylation is 2. The van der Waals surface area contributed by atoms with Crippen molar-refractivity contribution in [3.05, 3.63) is 16.4 Å². The second-order valence-corrected chi connectivity index (χ2v) is 6.97. The van der Waals surface area contributed by atoms with Crippen molar-refractivity contribution >= 4 is 11.6 Å². The van der Waals surface area contributed by atoms with Crippen molar-refractivity contribution in [3.63, 3.8) is 0 Å². The molecule has 0 aliphatic carbocycles. The molecule has 1 heterocycles. The summed E-state index contributed by atoms with van der Waals surface area (Å²) < 4.78 is 1.92. The fourth-order valence-corrected chi connectivity index (χ4v) is 2.68. The molecule has 1 aromatic rings. The molecule has 19 heavy (non-hydrogen) atoms. The van der Waals surface area contributed by atoms with Gasteiger partial charge in [-0.3, -0.25) is 4.68 Å². The van der Waals surface area contributed by atoms with Crippen LogP contribution in [0.2, 0.25) is 5.02 Å². The Kier molecular flexibility index (Phi) is 5.87. The monoisotopic (exact) mass is 285 g/mol. The first-order chi connectivity index (χ1) is 8.74. The van der Waals surface area contributed by atoms with Crippen molar-refractivity contribution in [2.75, 3.05) is 6.54 Å². The number of halogens is 1. The minimum absolute atomic E-state index is 0.311. The molecule has 0 fully saturated rings. The quantitative estimate of drug-likeness (QED) is 0.863. The zero-order valence-corrected chi connectivity index (χ0v) is 13.9. The Labute approximate surface area is 122 Å². The lowest BCUT2D eigenvalue weighted by molar-refractivity contribution is 0.304. The van der Waals surface area contributed by atoms with E-state index in [1.165, 1.54) is 0 Å². The highest BCUT2D eigenvalue weighted by molar-refractivity contribution is 6.31. The number of nitrogens with zero attached hydrogens (tertiary/aromatic N) is 2. The summed E-state index contributed by atoms with van der Waals surface area (Å²) in [6, 6.07) is 0.451. The van der Waals surface area contributed by atoms with Gasteiger partial charge in [-0.25, -0.2) is 0 Å². The van der Waals surface area contributed by atoms with E-state index in [9.17, 15) is 0 Å². The van der Waals surface area contributed by atoms with Crippen LogP contribution >= 0.6 is 11.6 Å². The molecular formula is C15H28ClN3. The van der Waals surface area contributed by atoms with Crippen LogP contribution in [-0.4, -0.2) is 22.4 Å². The molecule has 4 heteroatoms. The van der Waals surface area contributed by atoms with Crippen molar-refractivity contribution in [2.24, 2.45) is 12.5 Å². The number of nitrogens with one attached hydrogen (secondary N) is 1. The molecule has 1 N–H and O–H groups in total. The van der Waals surface area contributed by atoms with E-state index in [1.54, 1.807) is 0 Å². The van der Waals surface area contributed by atoms with Crippen molar-refractivity contribution in [3.8, 4) is 0 Å². The highest BCUT2D eigenvalue weighted by atomic mass is 35.5. The van der Waals surface area contributed by atoms with Gasteiger partial charge in [-0.15, -0.1) is 0 Å². The van der Waals surface area contributed by atoms with Gasteiger partial charge in [0.25, 0.3) is 0 Å². The molecule has 0 saturated heterocycles. The van der Waals surface area contributed by atoms with Crippen molar-refractivity contribution in [1.82, 2.24) is 15.1 Å². The predicted octanol–water partition coefficient (Wildman–Crippen LogP) is 3.73. The predicted molar refractivity (Wildman–Crippen MR) is 82.8 cm³/mol.